The molecule has 0 amide bonds. The highest BCUT2D eigenvalue weighted by molar-refractivity contribution is 5.36. The molecule has 0 nitrogen and oxygen atoms in total. The van der Waals surface area contributed by atoms with Crippen LogP contribution in [0.5, 0.6) is 0 Å². The van der Waals surface area contributed by atoms with Crippen molar-refractivity contribution >= 4 is 0 Å². The predicted molar refractivity (Wildman–Crippen MR) is 43.3 cm³/mol. The Kier molecular flexibility index (Phi) is 1.45. The Bertz CT molecular complexity index is 240. The minimum Gasteiger partial charge on any atom is -0.242 e. The average Bonchev–Trinajstić information content (AvgIpc) is 2.30. The molecule has 1 aliphatic carbocycles. The van der Waals surface area contributed by atoms with Crippen molar-refractivity contribution in [1.82, 2.24) is 0 Å². The SMILES string of the molecule is CC1CC(F)c2ccccc21. The van der Waals surface area contributed by atoms with E-state index < -0.39 is 6.17 Å². The number of alkyl halides is 1. The molecule has 1 aromatic rings. The highest BCUT2D eigenvalue weighted by atomic mass is 19.1. The fraction of sp³-hybridized carbons (Fsp3) is 0.400. The first-order valence-corrected chi connectivity index (χ1v) is 4.02. The fourth-order valence-electron chi connectivity index (χ4n) is 1.81. The van der Waals surface area contributed by atoms with Gasteiger partial charge in [0.1, 0.15) is 6.17 Å². The van der Waals surface area contributed by atoms with Crippen LogP contribution < -0.4 is 0 Å². The maximum Gasteiger partial charge on any atom is 0.126 e. The predicted octanol–water partition coefficient (Wildman–Crippen LogP) is 3.20. The third-order valence-electron chi connectivity index (χ3n) is 2.42. The van der Waals surface area contributed by atoms with Crippen molar-refractivity contribution in [3.63, 3.8) is 0 Å². The van der Waals surface area contributed by atoms with Crippen LogP contribution >= 0.6 is 0 Å². The van der Waals surface area contributed by atoms with Crippen LogP contribution in [0.3, 0.4) is 0 Å². The Morgan fingerprint density at radius 2 is 1.91 bits per heavy atom. The van der Waals surface area contributed by atoms with Crippen LogP contribution in [0.1, 0.15) is 36.6 Å². The van der Waals surface area contributed by atoms with Gasteiger partial charge in [-0.15, -0.1) is 0 Å². The number of hydrogen-bond acceptors (Lipinski definition) is 0. The summed E-state index contributed by atoms with van der Waals surface area (Å²) in [5, 5.41) is 0. The van der Waals surface area contributed by atoms with E-state index in [4.69, 9.17) is 0 Å². The summed E-state index contributed by atoms with van der Waals surface area (Å²) < 4.78 is 13.2. The highest BCUT2D eigenvalue weighted by Gasteiger charge is 2.26. The van der Waals surface area contributed by atoms with E-state index in [1.807, 2.05) is 24.3 Å². The highest BCUT2D eigenvalue weighted by Crippen LogP contribution is 2.41. The lowest BCUT2D eigenvalue weighted by Gasteiger charge is -2.00. The average molecular weight is 150 g/mol. The van der Waals surface area contributed by atoms with Crippen molar-refractivity contribution < 1.29 is 4.39 Å². The summed E-state index contributed by atoms with van der Waals surface area (Å²) in [6, 6.07) is 7.81. The standard InChI is InChI=1S/C10H11F/c1-7-6-10(11)9-5-3-2-4-8(7)9/h2-5,7,10H,6H2,1H3. The molecule has 2 unspecified atom stereocenters. The summed E-state index contributed by atoms with van der Waals surface area (Å²) in [6.07, 6.45) is -0.0551. The van der Waals surface area contributed by atoms with Gasteiger partial charge in [-0.05, 0) is 23.5 Å². The maximum atomic E-state index is 13.2. The van der Waals surface area contributed by atoms with Crippen molar-refractivity contribution in [2.75, 3.05) is 0 Å². The third-order valence-corrected chi connectivity index (χ3v) is 2.42. The van der Waals surface area contributed by atoms with E-state index >= 15 is 0 Å². The van der Waals surface area contributed by atoms with Gasteiger partial charge in [-0.3, -0.25) is 0 Å². The Morgan fingerprint density at radius 1 is 1.27 bits per heavy atom. The van der Waals surface area contributed by atoms with Crippen LogP contribution in [0.4, 0.5) is 4.39 Å². The molecule has 0 fully saturated rings. The fourth-order valence-corrected chi connectivity index (χ4v) is 1.81. The van der Waals surface area contributed by atoms with Gasteiger partial charge in [0.2, 0.25) is 0 Å². The smallest absolute Gasteiger partial charge is 0.126 e. The molecule has 0 bridgehead atoms. The second kappa shape index (κ2) is 2.33. The van der Waals surface area contributed by atoms with Gasteiger partial charge in [0.05, 0.1) is 0 Å². The Balaban J connectivity index is 2.52. The van der Waals surface area contributed by atoms with E-state index in [1.54, 1.807) is 0 Å². The van der Waals surface area contributed by atoms with Crippen molar-refractivity contribution in [1.29, 1.82) is 0 Å². The lowest BCUT2D eigenvalue weighted by Crippen LogP contribution is -1.83. The van der Waals surface area contributed by atoms with Gasteiger partial charge in [0, 0.05) is 0 Å². The van der Waals surface area contributed by atoms with E-state index in [1.165, 1.54) is 5.56 Å². The van der Waals surface area contributed by atoms with E-state index in [0.717, 1.165) is 5.56 Å². The van der Waals surface area contributed by atoms with Crippen molar-refractivity contribution in [3.8, 4) is 0 Å². The molecule has 0 aliphatic heterocycles. The Labute approximate surface area is 66.1 Å². The van der Waals surface area contributed by atoms with Crippen LogP contribution in [0, 0.1) is 0 Å². The first-order chi connectivity index (χ1) is 5.29. The summed E-state index contributed by atoms with van der Waals surface area (Å²) >= 11 is 0. The molecular formula is C10H11F. The van der Waals surface area contributed by atoms with E-state index in [-0.39, 0.29) is 0 Å². The lowest BCUT2D eigenvalue weighted by molar-refractivity contribution is 0.332. The number of benzene rings is 1. The molecule has 0 heterocycles. The summed E-state index contributed by atoms with van der Waals surface area (Å²) in [6.45, 7) is 2.08. The van der Waals surface area contributed by atoms with Gasteiger partial charge >= 0.3 is 0 Å². The van der Waals surface area contributed by atoms with E-state index in [0.29, 0.717) is 12.3 Å². The number of fused-ring (bicyclic) bond motifs is 1. The number of rotatable bonds is 0. The quantitative estimate of drug-likeness (QED) is 0.532. The lowest BCUT2D eigenvalue weighted by atomic mass is 10.0. The van der Waals surface area contributed by atoms with Crippen molar-refractivity contribution in [2.24, 2.45) is 0 Å². The van der Waals surface area contributed by atoms with Gasteiger partial charge in [0.25, 0.3) is 0 Å². The monoisotopic (exact) mass is 150 g/mol. The van der Waals surface area contributed by atoms with E-state index in [9.17, 15) is 4.39 Å². The van der Waals surface area contributed by atoms with Crippen molar-refractivity contribution in [2.45, 2.75) is 25.4 Å². The van der Waals surface area contributed by atoms with Crippen LogP contribution in [-0.2, 0) is 0 Å². The normalized spacial score (nSPS) is 28.5. The molecule has 2 atom stereocenters. The summed E-state index contributed by atoms with van der Waals surface area (Å²) in [4.78, 5) is 0. The molecule has 11 heavy (non-hydrogen) atoms. The van der Waals surface area contributed by atoms with Crippen LogP contribution in [0.2, 0.25) is 0 Å². The molecule has 1 heteroatoms. The number of hydrogen-bond donors (Lipinski definition) is 0. The second-order valence-electron chi connectivity index (χ2n) is 3.23. The van der Waals surface area contributed by atoms with Gasteiger partial charge in [-0.2, -0.15) is 0 Å². The second-order valence-corrected chi connectivity index (χ2v) is 3.23. The number of halogens is 1. The van der Waals surface area contributed by atoms with Crippen LogP contribution in [0.15, 0.2) is 24.3 Å². The van der Waals surface area contributed by atoms with Crippen LogP contribution in [-0.4, -0.2) is 0 Å². The molecule has 0 N–H and O–H groups in total. The first-order valence-electron chi connectivity index (χ1n) is 4.02. The Hall–Kier alpha value is -0.850. The molecule has 0 spiro atoms. The molecule has 58 valence electrons. The van der Waals surface area contributed by atoms with Crippen molar-refractivity contribution in [3.05, 3.63) is 35.4 Å². The first kappa shape index (κ1) is 6.84. The summed E-state index contributed by atoms with van der Waals surface area (Å²) in [5.41, 5.74) is 2.10. The zero-order valence-corrected chi connectivity index (χ0v) is 6.55. The largest absolute Gasteiger partial charge is 0.242 e. The Morgan fingerprint density at radius 3 is 2.55 bits per heavy atom. The molecular weight excluding hydrogens is 139 g/mol. The molecule has 0 aromatic heterocycles. The zero-order chi connectivity index (χ0) is 7.84. The minimum absolute atomic E-state index is 0.404. The molecule has 1 aromatic carbocycles. The molecule has 2 rings (SSSR count). The van der Waals surface area contributed by atoms with Gasteiger partial charge < -0.3 is 0 Å². The van der Waals surface area contributed by atoms with E-state index in [2.05, 4.69) is 6.92 Å². The molecule has 0 saturated heterocycles. The topological polar surface area (TPSA) is 0 Å². The van der Waals surface area contributed by atoms with Crippen LogP contribution in [0.25, 0.3) is 0 Å². The molecule has 0 radical (unpaired) electrons. The zero-order valence-electron chi connectivity index (χ0n) is 6.55. The minimum atomic E-state index is -0.721. The van der Waals surface area contributed by atoms with Gasteiger partial charge in [-0.1, -0.05) is 31.2 Å². The third kappa shape index (κ3) is 0.953. The summed E-state index contributed by atoms with van der Waals surface area (Å²) in [5.74, 6) is 0.404. The molecule has 0 saturated carbocycles. The van der Waals surface area contributed by atoms with Gasteiger partial charge in [-0.25, -0.2) is 4.39 Å². The van der Waals surface area contributed by atoms with Gasteiger partial charge in [0.15, 0.2) is 0 Å². The molecule has 1 aliphatic rings. The summed E-state index contributed by atoms with van der Waals surface area (Å²) in [7, 11) is 0. The maximum absolute atomic E-state index is 13.2.